The van der Waals surface area contributed by atoms with Gasteiger partial charge in [-0.05, 0) is 42.7 Å². The van der Waals surface area contributed by atoms with E-state index in [0.29, 0.717) is 5.02 Å². The van der Waals surface area contributed by atoms with Crippen LogP contribution in [0.3, 0.4) is 0 Å². The van der Waals surface area contributed by atoms with Crippen LogP contribution in [0.25, 0.3) is 0 Å². The molecule has 0 saturated heterocycles. The van der Waals surface area contributed by atoms with E-state index >= 15 is 0 Å². The molecule has 3 rings (SSSR count). The van der Waals surface area contributed by atoms with Gasteiger partial charge in [-0.2, -0.15) is 0 Å². The summed E-state index contributed by atoms with van der Waals surface area (Å²) >= 11 is 5.97. The molecule has 1 aliphatic carbocycles. The van der Waals surface area contributed by atoms with Gasteiger partial charge in [-0.25, -0.2) is 0 Å². The molecule has 1 fully saturated rings. The molecule has 22 heavy (non-hydrogen) atoms. The molecule has 0 spiro atoms. The highest BCUT2D eigenvalue weighted by Crippen LogP contribution is 2.41. The van der Waals surface area contributed by atoms with E-state index < -0.39 is 5.41 Å². The van der Waals surface area contributed by atoms with Crippen LogP contribution in [0.2, 0.25) is 5.02 Å². The summed E-state index contributed by atoms with van der Waals surface area (Å²) in [6.07, 6.45) is 3.89. The Morgan fingerprint density at radius 3 is 2.23 bits per heavy atom. The Bertz CT molecular complexity index is 634. The first-order chi connectivity index (χ1) is 10.7. The second-order valence-electron chi connectivity index (χ2n) is 5.74. The highest BCUT2D eigenvalue weighted by atomic mass is 35.5. The molecule has 1 saturated carbocycles. The van der Waals surface area contributed by atoms with E-state index in [1.807, 2.05) is 54.6 Å². The fourth-order valence-electron chi connectivity index (χ4n) is 3.16. The molecule has 0 atom stereocenters. The lowest BCUT2D eigenvalue weighted by atomic mass is 9.78. The van der Waals surface area contributed by atoms with Crippen molar-refractivity contribution < 1.29 is 4.79 Å². The van der Waals surface area contributed by atoms with Gasteiger partial charge in [-0.3, -0.25) is 15.6 Å². The largest absolute Gasteiger partial charge is 0.299 e. The normalized spacial score (nSPS) is 16.2. The van der Waals surface area contributed by atoms with Gasteiger partial charge in [0.2, 0.25) is 5.91 Å². The van der Waals surface area contributed by atoms with E-state index in [2.05, 4.69) is 10.9 Å². The van der Waals surface area contributed by atoms with Crippen LogP contribution in [0.15, 0.2) is 54.6 Å². The maximum Gasteiger partial charge on any atom is 0.248 e. The Kier molecular flexibility index (Phi) is 4.34. The number of amides is 1. The maximum atomic E-state index is 12.8. The molecule has 114 valence electrons. The highest BCUT2D eigenvalue weighted by molar-refractivity contribution is 6.30. The first-order valence-corrected chi connectivity index (χ1v) is 7.96. The van der Waals surface area contributed by atoms with E-state index in [1.54, 1.807) is 0 Å². The third kappa shape index (κ3) is 2.95. The van der Waals surface area contributed by atoms with Gasteiger partial charge in [0.15, 0.2) is 0 Å². The first-order valence-electron chi connectivity index (χ1n) is 7.58. The minimum absolute atomic E-state index is 0.0242. The van der Waals surface area contributed by atoms with Gasteiger partial charge in [0, 0.05) is 5.02 Å². The van der Waals surface area contributed by atoms with E-state index in [1.165, 1.54) is 0 Å². The number of anilines is 1. The van der Waals surface area contributed by atoms with Crippen molar-refractivity contribution in [1.29, 1.82) is 0 Å². The standard InChI is InChI=1S/C18H19ClN2O/c19-15-10-8-14(9-11-15)18(12-4-5-13-18)17(22)21-20-16-6-2-1-3-7-16/h1-3,6-11,20H,4-5,12-13H2,(H,21,22). The molecule has 3 nitrogen and oxygen atoms in total. The molecule has 0 heterocycles. The molecule has 0 aliphatic heterocycles. The number of hydrogen-bond donors (Lipinski definition) is 2. The molecule has 1 amide bonds. The topological polar surface area (TPSA) is 41.1 Å². The predicted molar refractivity (Wildman–Crippen MR) is 89.8 cm³/mol. The molecule has 0 radical (unpaired) electrons. The second kappa shape index (κ2) is 6.41. The van der Waals surface area contributed by atoms with Crippen LogP contribution in [-0.2, 0) is 10.2 Å². The van der Waals surface area contributed by atoms with Gasteiger partial charge in [-0.1, -0.05) is 54.8 Å². The number of carbonyl (C=O) groups excluding carboxylic acids is 1. The first kappa shape index (κ1) is 14.9. The van der Waals surface area contributed by atoms with E-state index in [0.717, 1.165) is 36.9 Å². The highest BCUT2D eigenvalue weighted by Gasteiger charge is 2.42. The fourth-order valence-corrected chi connectivity index (χ4v) is 3.29. The molecule has 2 aromatic rings. The Morgan fingerprint density at radius 2 is 1.59 bits per heavy atom. The van der Waals surface area contributed by atoms with Crippen LogP contribution in [-0.4, -0.2) is 5.91 Å². The summed E-state index contributed by atoms with van der Waals surface area (Å²) in [7, 11) is 0. The molecule has 0 aromatic heterocycles. The van der Waals surface area contributed by atoms with Gasteiger partial charge >= 0.3 is 0 Å². The van der Waals surface area contributed by atoms with Crippen LogP contribution in [0.4, 0.5) is 5.69 Å². The van der Waals surface area contributed by atoms with Gasteiger partial charge in [0.05, 0.1) is 11.1 Å². The van der Waals surface area contributed by atoms with Gasteiger partial charge < -0.3 is 0 Å². The maximum absolute atomic E-state index is 12.8. The second-order valence-corrected chi connectivity index (χ2v) is 6.18. The van der Waals surface area contributed by atoms with E-state index in [9.17, 15) is 4.79 Å². The zero-order valence-corrected chi connectivity index (χ0v) is 13.1. The Balaban J connectivity index is 1.78. The number of rotatable bonds is 4. The Morgan fingerprint density at radius 1 is 0.955 bits per heavy atom. The SMILES string of the molecule is O=C(NNc1ccccc1)C1(c2ccc(Cl)cc2)CCCC1. The molecular weight excluding hydrogens is 296 g/mol. The predicted octanol–water partition coefficient (Wildman–Crippen LogP) is 4.30. The number of nitrogens with one attached hydrogen (secondary N) is 2. The molecule has 2 N–H and O–H groups in total. The fraction of sp³-hybridized carbons (Fsp3) is 0.278. The van der Waals surface area contributed by atoms with Crippen molar-refractivity contribution in [3.05, 3.63) is 65.2 Å². The summed E-state index contributed by atoms with van der Waals surface area (Å²) in [5.41, 5.74) is 7.34. The quantitative estimate of drug-likeness (QED) is 0.826. The third-order valence-electron chi connectivity index (χ3n) is 4.38. The van der Waals surface area contributed by atoms with Crippen LogP contribution in [0.5, 0.6) is 0 Å². The molecule has 2 aromatic carbocycles. The van der Waals surface area contributed by atoms with Crippen LogP contribution in [0, 0.1) is 0 Å². The lowest BCUT2D eigenvalue weighted by Crippen LogP contribution is -2.45. The van der Waals surface area contributed by atoms with Gasteiger partial charge in [0.25, 0.3) is 0 Å². The lowest BCUT2D eigenvalue weighted by Gasteiger charge is -2.28. The average Bonchev–Trinajstić information content (AvgIpc) is 3.05. The van der Waals surface area contributed by atoms with Crippen LogP contribution in [0.1, 0.15) is 31.2 Å². The van der Waals surface area contributed by atoms with E-state index in [-0.39, 0.29) is 5.91 Å². The van der Waals surface area contributed by atoms with Crippen LogP contribution < -0.4 is 10.9 Å². The van der Waals surface area contributed by atoms with Crippen molar-refractivity contribution in [2.75, 3.05) is 5.43 Å². The van der Waals surface area contributed by atoms with Crippen molar-refractivity contribution in [1.82, 2.24) is 5.43 Å². The monoisotopic (exact) mass is 314 g/mol. The average molecular weight is 315 g/mol. The lowest BCUT2D eigenvalue weighted by molar-refractivity contribution is -0.126. The zero-order valence-electron chi connectivity index (χ0n) is 12.3. The molecular formula is C18H19ClN2O. The molecule has 1 aliphatic rings. The number of hydrazine groups is 1. The summed E-state index contributed by atoms with van der Waals surface area (Å²) in [4.78, 5) is 12.8. The minimum atomic E-state index is -0.452. The minimum Gasteiger partial charge on any atom is -0.299 e. The third-order valence-corrected chi connectivity index (χ3v) is 4.63. The summed E-state index contributed by atoms with van der Waals surface area (Å²) < 4.78 is 0. The Hall–Kier alpha value is -2.00. The molecule has 4 heteroatoms. The number of hydrogen-bond acceptors (Lipinski definition) is 2. The van der Waals surface area contributed by atoms with Crippen molar-refractivity contribution in [3.63, 3.8) is 0 Å². The number of halogens is 1. The smallest absolute Gasteiger partial charge is 0.248 e. The Labute approximate surface area is 135 Å². The number of carbonyl (C=O) groups is 1. The summed E-state index contributed by atoms with van der Waals surface area (Å²) in [6.45, 7) is 0. The van der Waals surface area contributed by atoms with E-state index in [4.69, 9.17) is 11.6 Å². The number of benzene rings is 2. The number of para-hydroxylation sites is 1. The summed E-state index contributed by atoms with van der Waals surface area (Å²) in [5.74, 6) is 0.0242. The molecule has 0 unspecified atom stereocenters. The van der Waals surface area contributed by atoms with Crippen molar-refractivity contribution in [3.8, 4) is 0 Å². The summed E-state index contributed by atoms with van der Waals surface area (Å²) in [5, 5.41) is 0.694. The van der Waals surface area contributed by atoms with Crippen molar-refractivity contribution >= 4 is 23.2 Å². The van der Waals surface area contributed by atoms with Gasteiger partial charge in [0.1, 0.15) is 0 Å². The van der Waals surface area contributed by atoms with Crippen molar-refractivity contribution in [2.24, 2.45) is 0 Å². The van der Waals surface area contributed by atoms with Crippen molar-refractivity contribution in [2.45, 2.75) is 31.1 Å². The zero-order chi connectivity index (χ0) is 15.4. The van der Waals surface area contributed by atoms with Crippen LogP contribution >= 0.6 is 11.6 Å². The van der Waals surface area contributed by atoms with Gasteiger partial charge in [-0.15, -0.1) is 0 Å². The summed E-state index contributed by atoms with van der Waals surface area (Å²) in [6, 6.07) is 17.3. The molecule has 0 bridgehead atoms.